The van der Waals surface area contributed by atoms with E-state index in [0.29, 0.717) is 17.5 Å². The second-order valence-corrected chi connectivity index (χ2v) is 3.96. The van der Waals surface area contributed by atoms with E-state index in [2.05, 4.69) is 0 Å². The van der Waals surface area contributed by atoms with Crippen molar-refractivity contribution in [2.24, 2.45) is 0 Å². The average molecular weight is 247 g/mol. The van der Waals surface area contributed by atoms with Gasteiger partial charge < -0.3 is 14.8 Å². The normalized spacial score (nSPS) is 10.7. The van der Waals surface area contributed by atoms with Crippen LogP contribution in [-0.2, 0) is 17.8 Å². The van der Waals surface area contributed by atoms with Crippen molar-refractivity contribution in [3.8, 4) is 0 Å². The van der Waals surface area contributed by atoms with Crippen molar-refractivity contribution in [2.75, 3.05) is 0 Å². The molecule has 0 saturated carbocycles. The summed E-state index contributed by atoms with van der Waals surface area (Å²) in [7, 11) is 0. The molecule has 5 heteroatoms. The van der Waals surface area contributed by atoms with Crippen LogP contribution in [-0.4, -0.2) is 26.7 Å². The SMILES string of the molecule is CCn1c(C(=O)O)c(CC(=O)O)c2ccccc21. The zero-order chi connectivity index (χ0) is 13.3. The molecule has 1 heterocycles. The van der Waals surface area contributed by atoms with Gasteiger partial charge in [-0.25, -0.2) is 4.79 Å². The van der Waals surface area contributed by atoms with E-state index in [9.17, 15) is 14.7 Å². The highest BCUT2D eigenvalue weighted by Gasteiger charge is 2.22. The molecule has 5 nitrogen and oxygen atoms in total. The maximum absolute atomic E-state index is 11.3. The minimum atomic E-state index is -1.09. The molecule has 18 heavy (non-hydrogen) atoms. The van der Waals surface area contributed by atoms with Gasteiger partial charge in [-0.15, -0.1) is 0 Å². The Morgan fingerprint density at radius 2 is 1.89 bits per heavy atom. The molecule has 94 valence electrons. The van der Waals surface area contributed by atoms with Gasteiger partial charge in [-0.1, -0.05) is 18.2 Å². The van der Waals surface area contributed by atoms with E-state index >= 15 is 0 Å². The molecule has 1 aromatic heterocycles. The van der Waals surface area contributed by atoms with Crippen molar-refractivity contribution in [2.45, 2.75) is 19.9 Å². The third kappa shape index (κ3) is 1.84. The van der Waals surface area contributed by atoms with Crippen LogP contribution < -0.4 is 0 Å². The van der Waals surface area contributed by atoms with Crippen molar-refractivity contribution in [1.29, 1.82) is 0 Å². The van der Waals surface area contributed by atoms with Crippen LogP contribution in [0.15, 0.2) is 24.3 Å². The molecule has 1 aromatic carbocycles. The van der Waals surface area contributed by atoms with Gasteiger partial charge in [0.2, 0.25) is 0 Å². The van der Waals surface area contributed by atoms with Crippen LogP contribution in [0.5, 0.6) is 0 Å². The number of carboxylic acids is 2. The summed E-state index contributed by atoms with van der Waals surface area (Å²) >= 11 is 0. The summed E-state index contributed by atoms with van der Waals surface area (Å²) in [5.41, 5.74) is 1.20. The molecule has 0 radical (unpaired) electrons. The number of hydrogen-bond donors (Lipinski definition) is 2. The molecule has 2 aromatic rings. The van der Waals surface area contributed by atoms with Crippen molar-refractivity contribution >= 4 is 22.8 Å². The number of aliphatic carboxylic acids is 1. The number of aryl methyl sites for hydroxylation is 1. The molecular weight excluding hydrogens is 234 g/mol. The summed E-state index contributed by atoms with van der Waals surface area (Å²) in [5, 5.41) is 18.9. The summed E-state index contributed by atoms with van der Waals surface area (Å²) in [5.74, 6) is -2.12. The zero-order valence-corrected chi connectivity index (χ0v) is 9.88. The zero-order valence-electron chi connectivity index (χ0n) is 9.88. The van der Waals surface area contributed by atoms with Gasteiger partial charge >= 0.3 is 11.9 Å². The van der Waals surface area contributed by atoms with E-state index in [1.165, 1.54) is 0 Å². The fourth-order valence-corrected chi connectivity index (χ4v) is 2.28. The lowest BCUT2D eigenvalue weighted by atomic mass is 10.1. The van der Waals surface area contributed by atoms with E-state index in [-0.39, 0.29) is 12.1 Å². The number of carboxylic acid groups (broad SMARTS) is 2. The number of nitrogens with zero attached hydrogens (tertiary/aromatic N) is 1. The molecule has 0 fully saturated rings. The Morgan fingerprint density at radius 3 is 2.44 bits per heavy atom. The minimum absolute atomic E-state index is 0.0705. The van der Waals surface area contributed by atoms with Crippen LogP contribution in [0.1, 0.15) is 23.0 Å². The Bertz CT molecular complexity index is 627. The fraction of sp³-hybridized carbons (Fsp3) is 0.231. The van der Waals surface area contributed by atoms with Crippen molar-refractivity contribution in [3.63, 3.8) is 0 Å². The van der Waals surface area contributed by atoms with Gasteiger partial charge in [0.25, 0.3) is 0 Å². The molecular formula is C13H13NO4. The molecule has 0 unspecified atom stereocenters. The third-order valence-electron chi connectivity index (χ3n) is 2.92. The van der Waals surface area contributed by atoms with Crippen molar-refractivity contribution in [1.82, 2.24) is 4.57 Å². The van der Waals surface area contributed by atoms with E-state index in [0.717, 1.165) is 5.52 Å². The first-order valence-corrected chi connectivity index (χ1v) is 5.61. The smallest absolute Gasteiger partial charge is 0.352 e. The van der Waals surface area contributed by atoms with Crippen LogP contribution in [0.2, 0.25) is 0 Å². The van der Waals surface area contributed by atoms with E-state index < -0.39 is 11.9 Å². The number of hydrogen-bond acceptors (Lipinski definition) is 2. The molecule has 0 atom stereocenters. The standard InChI is InChI=1S/C13H13NO4/c1-2-14-10-6-4-3-5-8(10)9(7-11(15)16)12(14)13(17)18/h3-6H,2,7H2,1H3,(H,15,16)(H,17,18). The van der Waals surface area contributed by atoms with Crippen molar-refractivity contribution in [3.05, 3.63) is 35.5 Å². The second kappa shape index (κ2) is 4.52. The maximum atomic E-state index is 11.3. The van der Waals surface area contributed by atoms with E-state index in [1.54, 1.807) is 22.8 Å². The van der Waals surface area contributed by atoms with Crippen LogP contribution in [0.3, 0.4) is 0 Å². The molecule has 0 amide bonds. The van der Waals surface area contributed by atoms with Crippen LogP contribution in [0.25, 0.3) is 10.9 Å². The molecule has 0 aliphatic carbocycles. The predicted molar refractivity (Wildman–Crippen MR) is 65.9 cm³/mol. The third-order valence-corrected chi connectivity index (χ3v) is 2.92. The number of rotatable bonds is 4. The second-order valence-electron chi connectivity index (χ2n) is 3.96. The number of aromatic nitrogens is 1. The molecule has 0 aliphatic heterocycles. The Labute approximate surface area is 103 Å². The number of benzene rings is 1. The summed E-state index contributed by atoms with van der Waals surface area (Å²) < 4.78 is 1.63. The highest BCUT2D eigenvalue weighted by atomic mass is 16.4. The van der Waals surface area contributed by atoms with Gasteiger partial charge in [0.15, 0.2) is 0 Å². The summed E-state index contributed by atoms with van der Waals surface area (Å²) in [6.07, 6.45) is -0.283. The molecule has 0 bridgehead atoms. The number of aromatic carboxylic acids is 1. The topological polar surface area (TPSA) is 79.5 Å². The number of carbonyl (C=O) groups is 2. The number of para-hydroxylation sites is 1. The summed E-state index contributed by atoms with van der Waals surface area (Å²) in [4.78, 5) is 22.2. The highest BCUT2D eigenvalue weighted by Crippen LogP contribution is 2.26. The van der Waals surface area contributed by atoms with Crippen LogP contribution in [0, 0.1) is 0 Å². The minimum Gasteiger partial charge on any atom is -0.481 e. The van der Waals surface area contributed by atoms with Gasteiger partial charge in [0.05, 0.1) is 6.42 Å². The number of fused-ring (bicyclic) bond motifs is 1. The fourth-order valence-electron chi connectivity index (χ4n) is 2.28. The molecule has 0 spiro atoms. The Hall–Kier alpha value is -2.30. The quantitative estimate of drug-likeness (QED) is 0.865. The molecule has 2 rings (SSSR count). The van der Waals surface area contributed by atoms with Gasteiger partial charge in [0, 0.05) is 23.0 Å². The van der Waals surface area contributed by atoms with Gasteiger partial charge in [-0.3, -0.25) is 4.79 Å². The Morgan fingerprint density at radius 1 is 1.22 bits per heavy atom. The lowest BCUT2D eigenvalue weighted by molar-refractivity contribution is -0.136. The van der Waals surface area contributed by atoms with Gasteiger partial charge in [-0.2, -0.15) is 0 Å². The maximum Gasteiger partial charge on any atom is 0.352 e. The Kier molecular flexibility index (Phi) is 3.06. The van der Waals surface area contributed by atoms with Gasteiger partial charge in [-0.05, 0) is 13.0 Å². The first-order chi connectivity index (χ1) is 8.56. The summed E-state index contributed by atoms with van der Waals surface area (Å²) in [6, 6.07) is 7.15. The summed E-state index contributed by atoms with van der Waals surface area (Å²) in [6.45, 7) is 2.32. The van der Waals surface area contributed by atoms with E-state index in [4.69, 9.17) is 5.11 Å². The molecule has 2 N–H and O–H groups in total. The highest BCUT2D eigenvalue weighted by molar-refractivity contribution is 6.00. The lowest BCUT2D eigenvalue weighted by Crippen LogP contribution is -2.11. The van der Waals surface area contributed by atoms with Crippen LogP contribution in [0.4, 0.5) is 0 Å². The average Bonchev–Trinajstić information content (AvgIpc) is 2.63. The van der Waals surface area contributed by atoms with Crippen LogP contribution >= 0.6 is 0 Å². The monoisotopic (exact) mass is 247 g/mol. The molecule has 0 aliphatic rings. The van der Waals surface area contributed by atoms with Crippen molar-refractivity contribution < 1.29 is 19.8 Å². The van der Waals surface area contributed by atoms with E-state index in [1.807, 2.05) is 13.0 Å². The molecule has 0 saturated heterocycles. The first kappa shape index (κ1) is 12.2. The first-order valence-electron chi connectivity index (χ1n) is 5.61. The largest absolute Gasteiger partial charge is 0.481 e. The van der Waals surface area contributed by atoms with Gasteiger partial charge in [0.1, 0.15) is 5.69 Å². The Balaban J connectivity index is 2.82. The lowest BCUT2D eigenvalue weighted by Gasteiger charge is -2.04. The predicted octanol–water partition coefficient (Wildman–Crippen LogP) is 1.99.